The molecular formula is C14H20N2O2. The van der Waals surface area contributed by atoms with Gasteiger partial charge in [0.25, 0.3) is 0 Å². The topological polar surface area (TPSA) is 50.4 Å². The van der Waals surface area contributed by atoms with Gasteiger partial charge in [-0.25, -0.2) is 4.79 Å². The Bertz CT molecular complexity index is 383. The number of hydrogen-bond acceptors (Lipinski definition) is 2. The summed E-state index contributed by atoms with van der Waals surface area (Å²) >= 11 is 0. The molecule has 0 atom stereocenters. The van der Waals surface area contributed by atoms with Crippen LogP contribution in [0.5, 0.6) is 5.75 Å². The molecule has 1 saturated carbocycles. The van der Waals surface area contributed by atoms with Gasteiger partial charge < -0.3 is 15.4 Å². The minimum atomic E-state index is -0.144. The van der Waals surface area contributed by atoms with Gasteiger partial charge in [0.2, 0.25) is 0 Å². The second-order valence-corrected chi connectivity index (χ2v) is 4.73. The van der Waals surface area contributed by atoms with E-state index < -0.39 is 0 Å². The standard InChI is InChI=1S/C14H20N2O2/c1-11-6-8-13(9-7-11)18-10-15-14(17)16-12-4-2-3-5-12/h6-9,12H,2-5,10H2,1H3,(H2,15,16,17). The Morgan fingerprint density at radius 1 is 1.28 bits per heavy atom. The number of aryl methyl sites for hydroxylation is 1. The van der Waals surface area contributed by atoms with E-state index in [9.17, 15) is 4.79 Å². The molecule has 4 nitrogen and oxygen atoms in total. The number of rotatable bonds is 4. The molecule has 1 aromatic rings. The van der Waals surface area contributed by atoms with Crippen LogP contribution in [0.3, 0.4) is 0 Å². The van der Waals surface area contributed by atoms with Crippen LogP contribution in [0, 0.1) is 6.92 Å². The van der Waals surface area contributed by atoms with E-state index in [4.69, 9.17) is 4.74 Å². The van der Waals surface area contributed by atoms with Gasteiger partial charge in [0.05, 0.1) is 0 Å². The first-order valence-electron chi connectivity index (χ1n) is 6.48. The van der Waals surface area contributed by atoms with E-state index in [0.29, 0.717) is 6.04 Å². The minimum Gasteiger partial charge on any atom is -0.473 e. The summed E-state index contributed by atoms with van der Waals surface area (Å²) in [6, 6.07) is 7.94. The Balaban J connectivity index is 1.65. The highest BCUT2D eigenvalue weighted by molar-refractivity contribution is 5.74. The predicted octanol–water partition coefficient (Wildman–Crippen LogP) is 2.57. The van der Waals surface area contributed by atoms with E-state index in [1.165, 1.54) is 18.4 Å². The molecule has 2 amide bonds. The molecule has 0 spiro atoms. The predicted molar refractivity (Wildman–Crippen MR) is 70.6 cm³/mol. The maximum Gasteiger partial charge on any atom is 0.317 e. The molecule has 0 bridgehead atoms. The molecule has 98 valence electrons. The summed E-state index contributed by atoms with van der Waals surface area (Å²) in [5, 5.41) is 5.64. The summed E-state index contributed by atoms with van der Waals surface area (Å²) in [5.41, 5.74) is 1.19. The van der Waals surface area contributed by atoms with Gasteiger partial charge in [-0.1, -0.05) is 30.5 Å². The molecule has 1 aromatic carbocycles. The number of carbonyl (C=O) groups excluding carboxylic acids is 1. The fraction of sp³-hybridized carbons (Fsp3) is 0.500. The average molecular weight is 248 g/mol. The number of carbonyl (C=O) groups is 1. The molecule has 18 heavy (non-hydrogen) atoms. The van der Waals surface area contributed by atoms with Crippen LogP contribution in [0.2, 0.25) is 0 Å². The third-order valence-electron chi connectivity index (χ3n) is 3.18. The van der Waals surface area contributed by atoms with Crippen molar-refractivity contribution in [3.63, 3.8) is 0 Å². The lowest BCUT2D eigenvalue weighted by Gasteiger charge is -2.13. The maximum absolute atomic E-state index is 11.5. The highest BCUT2D eigenvalue weighted by Gasteiger charge is 2.16. The van der Waals surface area contributed by atoms with Crippen molar-refractivity contribution in [3.05, 3.63) is 29.8 Å². The normalized spacial score (nSPS) is 15.4. The second-order valence-electron chi connectivity index (χ2n) is 4.73. The molecule has 1 aliphatic rings. The molecule has 0 unspecified atom stereocenters. The molecule has 2 N–H and O–H groups in total. The van der Waals surface area contributed by atoms with Crippen LogP contribution in [-0.2, 0) is 0 Å². The highest BCUT2D eigenvalue weighted by Crippen LogP contribution is 2.17. The van der Waals surface area contributed by atoms with Crippen molar-refractivity contribution in [2.75, 3.05) is 6.73 Å². The first-order valence-corrected chi connectivity index (χ1v) is 6.48. The van der Waals surface area contributed by atoms with Gasteiger partial charge in [0.15, 0.2) is 6.73 Å². The molecule has 2 rings (SSSR count). The lowest BCUT2D eigenvalue weighted by molar-refractivity contribution is 0.220. The largest absolute Gasteiger partial charge is 0.473 e. The Kier molecular flexibility index (Phi) is 4.45. The smallest absolute Gasteiger partial charge is 0.317 e. The average Bonchev–Trinajstić information content (AvgIpc) is 2.84. The SMILES string of the molecule is Cc1ccc(OCNC(=O)NC2CCCC2)cc1. The number of hydrogen-bond donors (Lipinski definition) is 2. The Labute approximate surface area is 108 Å². The number of urea groups is 1. The Hall–Kier alpha value is -1.71. The zero-order chi connectivity index (χ0) is 12.8. The van der Waals surface area contributed by atoms with E-state index in [0.717, 1.165) is 18.6 Å². The third kappa shape index (κ3) is 3.95. The van der Waals surface area contributed by atoms with E-state index in [-0.39, 0.29) is 12.8 Å². The summed E-state index contributed by atoms with van der Waals surface area (Å²) in [7, 11) is 0. The summed E-state index contributed by atoms with van der Waals surface area (Å²) in [6.45, 7) is 2.22. The lowest BCUT2D eigenvalue weighted by atomic mass is 10.2. The fourth-order valence-electron chi connectivity index (χ4n) is 2.13. The van der Waals surface area contributed by atoms with Crippen molar-refractivity contribution in [2.45, 2.75) is 38.6 Å². The van der Waals surface area contributed by atoms with Crippen LogP contribution in [0.4, 0.5) is 4.79 Å². The number of nitrogens with one attached hydrogen (secondary N) is 2. The van der Waals surface area contributed by atoms with Crippen LogP contribution < -0.4 is 15.4 Å². The molecule has 0 radical (unpaired) electrons. The van der Waals surface area contributed by atoms with E-state index in [1.807, 2.05) is 31.2 Å². The van der Waals surface area contributed by atoms with Gasteiger partial charge in [0, 0.05) is 6.04 Å². The molecule has 0 aliphatic heterocycles. The van der Waals surface area contributed by atoms with Gasteiger partial charge in [0.1, 0.15) is 5.75 Å². The van der Waals surface area contributed by atoms with Crippen LogP contribution in [0.25, 0.3) is 0 Å². The van der Waals surface area contributed by atoms with E-state index in [2.05, 4.69) is 10.6 Å². The van der Waals surface area contributed by atoms with Crippen molar-refractivity contribution in [3.8, 4) is 5.75 Å². The quantitative estimate of drug-likeness (QED) is 0.805. The van der Waals surface area contributed by atoms with Gasteiger partial charge in [-0.3, -0.25) is 0 Å². The Morgan fingerprint density at radius 2 is 1.94 bits per heavy atom. The summed E-state index contributed by atoms with van der Waals surface area (Å²) in [6.07, 6.45) is 4.61. The number of amides is 2. The van der Waals surface area contributed by atoms with Crippen molar-refractivity contribution in [1.29, 1.82) is 0 Å². The summed E-state index contributed by atoms with van der Waals surface area (Å²) in [5.74, 6) is 0.766. The molecule has 0 saturated heterocycles. The molecule has 1 aliphatic carbocycles. The van der Waals surface area contributed by atoms with Crippen LogP contribution in [0.15, 0.2) is 24.3 Å². The first kappa shape index (κ1) is 12.7. The zero-order valence-electron chi connectivity index (χ0n) is 10.7. The van der Waals surface area contributed by atoms with Crippen molar-refractivity contribution < 1.29 is 9.53 Å². The van der Waals surface area contributed by atoms with Crippen LogP contribution >= 0.6 is 0 Å². The van der Waals surface area contributed by atoms with E-state index in [1.54, 1.807) is 0 Å². The molecule has 1 fully saturated rings. The minimum absolute atomic E-state index is 0.144. The molecular weight excluding hydrogens is 228 g/mol. The van der Waals surface area contributed by atoms with Gasteiger partial charge >= 0.3 is 6.03 Å². The maximum atomic E-state index is 11.5. The summed E-state index contributed by atoms with van der Waals surface area (Å²) < 4.78 is 5.42. The van der Waals surface area contributed by atoms with E-state index >= 15 is 0 Å². The number of ether oxygens (including phenoxy) is 1. The molecule has 4 heteroatoms. The van der Waals surface area contributed by atoms with Crippen molar-refractivity contribution >= 4 is 6.03 Å². The number of benzene rings is 1. The monoisotopic (exact) mass is 248 g/mol. The van der Waals surface area contributed by atoms with Crippen molar-refractivity contribution in [1.82, 2.24) is 10.6 Å². The zero-order valence-corrected chi connectivity index (χ0v) is 10.7. The molecule has 0 aromatic heterocycles. The van der Waals surface area contributed by atoms with Gasteiger partial charge in [-0.2, -0.15) is 0 Å². The highest BCUT2D eigenvalue weighted by atomic mass is 16.5. The lowest BCUT2D eigenvalue weighted by Crippen LogP contribution is -2.42. The van der Waals surface area contributed by atoms with Crippen LogP contribution in [-0.4, -0.2) is 18.8 Å². The fourth-order valence-corrected chi connectivity index (χ4v) is 2.13. The van der Waals surface area contributed by atoms with Gasteiger partial charge in [-0.15, -0.1) is 0 Å². The van der Waals surface area contributed by atoms with Gasteiger partial charge in [-0.05, 0) is 31.9 Å². The Morgan fingerprint density at radius 3 is 2.61 bits per heavy atom. The molecule has 0 heterocycles. The van der Waals surface area contributed by atoms with Crippen LogP contribution in [0.1, 0.15) is 31.2 Å². The second kappa shape index (κ2) is 6.28. The third-order valence-corrected chi connectivity index (χ3v) is 3.18. The first-order chi connectivity index (χ1) is 8.74. The van der Waals surface area contributed by atoms with Crippen molar-refractivity contribution in [2.24, 2.45) is 0 Å². The summed E-state index contributed by atoms with van der Waals surface area (Å²) in [4.78, 5) is 11.5.